The first kappa shape index (κ1) is 14.8. The van der Waals surface area contributed by atoms with Crippen molar-refractivity contribution in [3.63, 3.8) is 0 Å². The van der Waals surface area contributed by atoms with Gasteiger partial charge in [0.15, 0.2) is 0 Å². The van der Waals surface area contributed by atoms with Gasteiger partial charge in [0.1, 0.15) is 5.75 Å². The molecule has 4 heteroatoms. The molecule has 0 saturated heterocycles. The van der Waals surface area contributed by atoms with E-state index in [0.717, 1.165) is 6.42 Å². The lowest BCUT2D eigenvalue weighted by Gasteiger charge is -2.21. The van der Waals surface area contributed by atoms with Gasteiger partial charge in [0.25, 0.3) is 5.91 Å². The normalized spacial score (nSPS) is 12.5. The van der Waals surface area contributed by atoms with Gasteiger partial charge < -0.3 is 10.4 Å². The summed E-state index contributed by atoms with van der Waals surface area (Å²) >= 11 is 5.73. The Balaban J connectivity index is 2.84. The molecule has 3 nitrogen and oxygen atoms in total. The number of rotatable bonds is 5. The van der Waals surface area contributed by atoms with Gasteiger partial charge in [0.05, 0.1) is 5.56 Å². The molecule has 1 amide bonds. The van der Waals surface area contributed by atoms with E-state index in [1.54, 1.807) is 25.1 Å². The fourth-order valence-electron chi connectivity index (χ4n) is 1.78. The fourth-order valence-corrected chi connectivity index (χ4v) is 2.01. The number of halogens is 1. The van der Waals surface area contributed by atoms with Crippen molar-refractivity contribution in [1.29, 1.82) is 0 Å². The number of amides is 1. The largest absolute Gasteiger partial charge is 0.507 e. The summed E-state index contributed by atoms with van der Waals surface area (Å²) in [6.07, 6.45) is 0.720. The van der Waals surface area contributed by atoms with Crippen molar-refractivity contribution in [2.24, 2.45) is 5.92 Å². The van der Waals surface area contributed by atoms with Gasteiger partial charge in [0.2, 0.25) is 0 Å². The molecule has 2 N–H and O–H groups in total. The van der Waals surface area contributed by atoms with Gasteiger partial charge in [-0.25, -0.2) is 0 Å². The summed E-state index contributed by atoms with van der Waals surface area (Å²) < 4.78 is 0. The molecular weight excluding hydrogens is 250 g/mol. The van der Waals surface area contributed by atoms with Gasteiger partial charge in [-0.1, -0.05) is 26.0 Å². The minimum Gasteiger partial charge on any atom is -0.507 e. The van der Waals surface area contributed by atoms with Gasteiger partial charge in [0, 0.05) is 11.9 Å². The minimum atomic E-state index is -0.250. The molecule has 100 valence electrons. The van der Waals surface area contributed by atoms with E-state index in [0.29, 0.717) is 22.9 Å². The van der Waals surface area contributed by atoms with Crippen molar-refractivity contribution in [3.8, 4) is 5.75 Å². The quantitative estimate of drug-likeness (QED) is 0.807. The molecule has 1 aromatic carbocycles. The van der Waals surface area contributed by atoms with E-state index in [4.69, 9.17) is 11.6 Å². The summed E-state index contributed by atoms with van der Waals surface area (Å²) in [7, 11) is 0. The Labute approximate surface area is 113 Å². The van der Waals surface area contributed by atoms with Gasteiger partial charge in [-0.05, 0) is 30.9 Å². The standard InChI is InChI=1S/C14H20ClNO2/c1-9(2)12(7-8-15)16-14(18)11-6-4-5-10(3)13(11)17/h4-6,9,12,17H,7-8H2,1-3H3,(H,16,18). The lowest BCUT2D eigenvalue weighted by atomic mass is 10.0. The number of phenolic OH excluding ortho intramolecular Hbond substituents is 1. The molecule has 0 aliphatic rings. The maximum atomic E-state index is 12.1. The number of hydrogen-bond acceptors (Lipinski definition) is 2. The maximum absolute atomic E-state index is 12.1. The van der Waals surface area contributed by atoms with E-state index in [-0.39, 0.29) is 17.7 Å². The zero-order chi connectivity index (χ0) is 13.7. The van der Waals surface area contributed by atoms with E-state index >= 15 is 0 Å². The number of nitrogens with one attached hydrogen (secondary N) is 1. The Morgan fingerprint density at radius 1 is 1.44 bits per heavy atom. The predicted octanol–water partition coefficient (Wildman–Crippen LogP) is 3.08. The van der Waals surface area contributed by atoms with E-state index in [1.807, 2.05) is 13.8 Å². The number of aryl methyl sites for hydroxylation is 1. The second-order valence-corrected chi connectivity index (χ2v) is 5.15. The number of aromatic hydroxyl groups is 1. The van der Waals surface area contributed by atoms with Gasteiger partial charge in [-0.15, -0.1) is 11.6 Å². The average molecular weight is 270 g/mol. The number of hydrogen-bond donors (Lipinski definition) is 2. The SMILES string of the molecule is Cc1cccc(C(=O)NC(CCCl)C(C)C)c1O. The van der Waals surface area contributed by atoms with Crippen molar-refractivity contribution in [2.75, 3.05) is 5.88 Å². The molecular formula is C14H20ClNO2. The van der Waals surface area contributed by atoms with Crippen LogP contribution < -0.4 is 5.32 Å². The minimum absolute atomic E-state index is 0.0231. The molecule has 1 unspecified atom stereocenters. The van der Waals surface area contributed by atoms with Crippen molar-refractivity contribution in [1.82, 2.24) is 5.32 Å². The van der Waals surface area contributed by atoms with Crippen LogP contribution in [-0.2, 0) is 0 Å². The van der Waals surface area contributed by atoms with Crippen LogP contribution in [0.2, 0.25) is 0 Å². The third-order valence-electron chi connectivity index (χ3n) is 3.02. The molecule has 0 saturated carbocycles. The smallest absolute Gasteiger partial charge is 0.255 e. The van der Waals surface area contributed by atoms with Gasteiger partial charge in [-0.3, -0.25) is 4.79 Å². The molecule has 0 aliphatic carbocycles. The summed E-state index contributed by atoms with van der Waals surface area (Å²) in [6, 6.07) is 5.17. The van der Waals surface area contributed by atoms with Crippen LogP contribution in [0.3, 0.4) is 0 Å². The molecule has 0 fully saturated rings. The highest BCUT2D eigenvalue weighted by Gasteiger charge is 2.19. The monoisotopic (exact) mass is 269 g/mol. The van der Waals surface area contributed by atoms with Crippen LogP contribution in [0.1, 0.15) is 36.2 Å². The molecule has 18 heavy (non-hydrogen) atoms. The zero-order valence-corrected chi connectivity index (χ0v) is 11.8. The molecule has 0 heterocycles. The van der Waals surface area contributed by atoms with Crippen LogP contribution in [0.15, 0.2) is 18.2 Å². The Morgan fingerprint density at radius 2 is 2.11 bits per heavy atom. The summed E-state index contributed by atoms with van der Waals surface area (Å²) in [5.41, 5.74) is 1.01. The number of carbonyl (C=O) groups is 1. The first-order chi connectivity index (χ1) is 8.47. The molecule has 0 aliphatic heterocycles. The molecule has 0 bridgehead atoms. The lowest BCUT2D eigenvalue weighted by molar-refractivity contribution is 0.0922. The maximum Gasteiger partial charge on any atom is 0.255 e. The second-order valence-electron chi connectivity index (χ2n) is 4.77. The highest BCUT2D eigenvalue weighted by Crippen LogP contribution is 2.21. The molecule has 0 spiro atoms. The molecule has 1 atom stereocenters. The number of alkyl halides is 1. The fraction of sp³-hybridized carbons (Fsp3) is 0.500. The van der Waals surface area contributed by atoms with E-state index in [9.17, 15) is 9.90 Å². The highest BCUT2D eigenvalue weighted by atomic mass is 35.5. The van der Waals surface area contributed by atoms with Crippen LogP contribution in [0.25, 0.3) is 0 Å². The highest BCUT2D eigenvalue weighted by molar-refractivity contribution is 6.17. The summed E-state index contributed by atoms with van der Waals surface area (Å²) in [5.74, 6) is 0.603. The summed E-state index contributed by atoms with van der Waals surface area (Å²) in [5, 5.41) is 12.8. The molecule has 0 radical (unpaired) electrons. The lowest BCUT2D eigenvalue weighted by Crippen LogP contribution is -2.38. The summed E-state index contributed by atoms with van der Waals surface area (Å²) in [4.78, 5) is 12.1. The molecule has 1 aromatic rings. The van der Waals surface area contributed by atoms with E-state index in [2.05, 4.69) is 5.32 Å². The van der Waals surface area contributed by atoms with Crippen LogP contribution in [0.5, 0.6) is 5.75 Å². The first-order valence-electron chi connectivity index (χ1n) is 6.12. The van der Waals surface area contributed by atoms with Crippen LogP contribution in [-0.4, -0.2) is 22.9 Å². The number of benzene rings is 1. The zero-order valence-electron chi connectivity index (χ0n) is 11.0. The first-order valence-corrected chi connectivity index (χ1v) is 6.66. The van der Waals surface area contributed by atoms with Gasteiger partial charge in [-0.2, -0.15) is 0 Å². The topological polar surface area (TPSA) is 49.3 Å². The Bertz CT molecular complexity index is 418. The van der Waals surface area contributed by atoms with E-state index in [1.165, 1.54) is 0 Å². The molecule has 1 rings (SSSR count). The second kappa shape index (κ2) is 6.64. The Hall–Kier alpha value is -1.22. The average Bonchev–Trinajstić information content (AvgIpc) is 2.31. The van der Waals surface area contributed by atoms with Crippen molar-refractivity contribution < 1.29 is 9.90 Å². The third-order valence-corrected chi connectivity index (χ3v) is 3.24. The van der Waals surface area contributed by atoms with Crippen molar-refractivity contribution in [2.45, 2.75) is 33.2 Å². The van der Waals surface area contributed by atoms with Crippen molar-refractivity contribution >= 4 is 17.5 Å². The number of carbonyl (C=O) groups excluding carboxylic acids is 1. The Morgan fingerprint density at radius 3 is 2.67 bits per heavy atom. The van der Waals surface area contributed by atoms with Crippen molar-refractivity contribution in [3.05, 3.63) is 29.3 Å². The van der Waals surface area contributed by atoms with Crippen LogP contribution >= 0.6 is 11.6 Å². The van der Waals surface area contributed by atoms with Crippen LogP contribution in [0, 0.1) is 12.8 Å². The number of phenols is 1. The van der Waals surface area contributed by atoms with E-state index < -0.39 is 0 Å². The third kappa shape index (κ3) is 3.64. The number of para-hydroxylation sites is 1. The Kier molecular flexibility index (Phi) is 5.48. The summed E-state index contributed by atoms with van der Waals surface area (Å²) in [6.45, 7) is 5.84. The van der Waals surface area contributed by atoms with Crippen LogP contribution in [0.4, 0.5) is 0 Å². The molecule has 0 aromatic heterocycles. The predicted molar refractivity (Wildman–Crippen MR) is 74.3 cm³/mol. The van der Waals surface area contributed by atoms with Gasteiger partial charge >= 0.3 is 0 Å².